The van der Waals surface area contributed by atoms with E-state index in [-0.39, 0.29) is 22.4 Å². The fourth-order valence-electron chi connectivity index (χ4n) is 3.71. The Kier molecular flexibility index (Phi) is 6.72. The van der Waals surface area contributed by atoms with E-state index in [0.717, 1.165) is 44.9 Å². The summed E-state index contributed by atoms with van der Waals surface area (Å²) in [6, 6.07) is 5.98. The first-order valence-electron chi connectivity index (χ1n) is 9.99. The van der Waals surface area contributed by atoms with Crippen LogP contribution in [0.4, 0.5) is 0 Å². The highest BCUT2D eigenvalue weighted by atomic mass is 32.2. The van der Waals surface area contributed by atoms with Gasteiger partial charge in [0.05, 0.1) is 10.5 Å². The van der Waals surface area contributed by atoms with Crippen molar-refractivity contribution in [3.63, 3.8) is 0 Å². The maximum absolute atomic E-state index is 12.8. The summed E-state index contributed by atoms with van der Waals surface area (Å²) >= 11 is 0. The zero-order chi connectivity index (χ0) is 20.1. The lowest BCUT2D eigenvalue weighted by Crippen LogP contribution is -2.40. The lowest BCUT2D eigenvalue weighted by atomic mass is 10.2. The van der Waals surface area contributed by atoms with E-state index in [1.54, 1.807) is 0 Å². The number of amides is 1. The van der Waals surface area contributed by atoms with Crippen molar-refractivity contribution in [3.05, 3.63) is 29.8 Å². The Hall–Kier alpha value is -1.93. The molecular weight excluding hydrogens is 380 g/mol. The molecule has 1 aromatic rings. The van der Waals surface area contributed by atoms with Crippen molar-refractivity contribution in [3.8, 4) is 0 Å². The van der Waals surface area contributed by atoms with Crippen LogP contribution < -0.4 is 5.32 Å². The smallest absolute Gasteiger partial charge is 0.338 e. The molecule has 1 aliphatic heterocycles. The molecule has 0 spiro atoms. The number of hydrogen-bond acceptors (Lipinski definition) is 5. The monoisotopic (exact) mass is 408 g/mol. The number of esters is 1. The van der Waals surface area contributed by atoms with Gasteiger partial charge in [-0.2, -0.15) is 4.31 Å². The second-order valence-electron chi connectivity index (χ2n) is 7.53. The first-order chi connectivity index (χ1) is 13.4. The maximum atomic E-state index is 12.8. The van der Waals surface area contributed by atoms with Crippen LogP contribution in [0.1, 0.15) is 62.2 Å². The molecule has 0 bridgehead atoms. The van der Waals surface area contributed by atoms with Crippen molar-refractivity contribution in [2.45, 2.75) is 68.9 Å². The van der Waals surface area contributed by atoms with Crippen molar-refractivity contribution in [1.82, 2.24) is 9.62 Å². The molecule has 1 aromatic carbocycles. The van der Waals surface area contributed by atoms with Crippen LogP contribution in [0.3, 0.4) is 0 Å². The fraction of sp³-hybridized carbons (Fsp3) is 0.600. The molecule has 1 unspecified atom stereocenters. The maximum Gasteiger partial charge on any atom is 0.338 e. The molecule has 1 atom stereocenters. The molecule has 8 heteroatoms. The van der Waals surface area contributed by atoms with E-state index < -0.39 is 22.1 Å². The highest BCUT2D eigenvalue weighted by Gasteiger charge is 2.28. The predicted octanol–water partition coefficient (Wildman–Crippen LogP) is 2.47. The molecule has 28 heavy (non-hydrogen) atoms. The Morgan fingerprint density at radius 1 is 1.11 bits per heavy atom. The van der Waals surface area contributed by atoms with Crippen LogP contribution in [-0.4, -0.2) is 49.8 Å². The normalized spacial score (nSPS) is 19.9. The van der Waals surface area contributed by atoms with Gasteiger partial charge in [0.2, 0.25) is 10.0 Å². The molecule has 0 radical (unpaired) electrons. The van der Waals surface area contributed by atoms with Crippen molar-refractivity contribution >= 4 is 21.9 Å². The summed E-state index contributed by atoms with van der Waals surface area (Å²) in [5.74, 6) is -1.03. The number of sulfonamides is 1. The van der Waals surface area contributed by atoms with Crippen LogP contribution in [0, 0.1) is 0 Å². The Morgan fingerprint density at radius 3 is 2.46 bits per heavy atom. The van der Waals surface area contributed by atoms with E-state index in [0.29, 0.717) is 13.1 Å². The molecule has 7 nitrogen and oxygen atoms in total. The lowest BCUT2D eigenvalue weighted by Gasteiger charge is -2.26. The molecule has 1 saturated heterocycles. The summed E-state index contributed by atoms with van der Waals surface area (Å²) in [5.41, 5.74) is 0.124. The molecule has 2 aliphatic rings. The van der Waals surface area contributed by atoms with Gasteiger partial charge in [-0.05, 0) is 50.8 Å². The number of nitrogens with one attached hydrogen (secondary N) is 1. The van der Waals surface area contributed by atoms with Gasteiger partial charge >= 0.3 is 5.97 Å². The van der Waals surface area contributed by atoms with Crippen LogP contribution >= 0.6 is 0 Å². The Balaban J connectivity index is 1.65. The average Bonchev–Trinajstić information content (AvgIpc) is 3.21. The third-order valence-corrected chi connectivity index (χ3v) is 7.27. The zero-order valence-corrected chi connectivity index (χ0v) is 17.0. The quantitative estimate of drug-likeness (QED) is 0.730. The molecule has 154 valence electrons. The Morgan fingerprint density at radius 2 is 1.79 bits per heavy atom. The van der Waals surface area contributed by atoms with Gasteiger partial charge in [-0.1, -0.05) is 25.3 Å². The number of rotatable bonds is 6. The highest BCUT2D eigenvalue weighted by Crippen LogP contribution is 2.22. The number of ether oxygens (including phenoxy) is 1. The van der Waals surface area contributed by atoms with Crippen LogP contribution in [0.2, 0.25) is 0 Å². The summed E-state index contributed by atoms with van der Waals surface area (Å²) in [5, 5.41) is 2.90. The summed E-state index contributed by atoms with van der Waals surface area (Å²) in [6.45, 7) is 2.52. The third-order valence-electron chi connectivity index (χ3n) is 5.38. The molecule has 1 aliphatic carbocycles. The number of carbonyl (C=O) groups excluding carboxylic acids is 2. The zero-order valence-electron chi connectivity index (χ0n) is 16.2. The minimum atomic E-state index is -3.63. The summed E-state index contributed by atoms with van der Waals surface area (Å²) in [7, 11) is -3.63. The number of nitrogens with zero attached hydrogens (tertiary/aromatic N) is 1. The summed E-state index contributed by atoms with van der Waals surface area (Å²) < 4.78 is 32.3. The van der Waals surface area contributed by atoms with E-state index in [9.17, 15) is 18.0 Å². The van der Waals surface area contributed by atoms with Gasteiger partial charge in [0, 0.05) is 19.1 Å². The van der Waals surface area contributed by atoms with Crippen molar-refractivity contribution in [2.75, 3.05) is 13.1 Å². The summed E-state index contributed by atoms with van der Waals surface area (Å²) in [6.07, 6.45) is 5.86. The van der Waals surface area contributed by atoms with Crippen LogP contribution in [0.5, 0.6) is 0 Å². The van der Waals surface area contributed by atoms with Gasteiger partial charge in [0.25, 0.3) is 5.91 Å². The number of hydrogen-bond donors (Lipinski definition) is 1. The van der Waals surface area contributed by atoms with Crippen LogP contribution in [-0.2, 0) is 19.6 Å². The first kappa shape index (κ1) is 20.8. The van der Waals surface area contributed by atoms with Gasteiger partial charge in [0.15, 0.2) is 6.10 Å². The topological polar surface area (TPSA) is 92.8 Å². The number of benzene rings is 1. The molecule has 1 N–H and O–H groups in total. The molecule has 1 saturated carbocycles. The minimum absolute atomic E-state index is 0.0758. The Labute approximate surface area is 166 Å². The lowest BCUT2D eigenvalue weighted by molar-refractivity contribution is -0.129. The predicted molar refractivity (Wildman–Crippen MR) is 104 cm³/mol. The standard InChI is InChI=1S/C20H28N2O5S/c1-15(19(23)21-17-9-3-4-10-17)27-20(24)16-8-7-11-18(14-16)28(25,26)22-12-5-2-6-13-22/h7-8,11,14-15,17H,2-6,9-10,12-13H2,1H3,(H,21,23). The SMILES string of the molecule is CC(OC(=O)c1cccc(S(=O)(=O)N2CCCCC2)c1)C(=O)NC1CCCC1. The summed E-state index contributed by atoms with van der Waals surface area (Å²) in [4.78, 5) is 24.7. The second-order valence-corrected chi connectivity index (χ2v) is 9.47. The van der Waals surface area contributed by atoms with Crippen LogP contribution in [0.15, 0.2) is 29.2 Å². The highest BCUT2D eigenvalue weighted by molar-refractivity contribution is 7.89. The second kappa shape index (κ2) is 9.05. The molecule has 2 fully saturated rings. The molecule has 1 heterocycles. The average molecular weight is 409 g/mol. The van der Waals surface area contributed by atoms with Crippen molar-refractivity contribution < 1.29 is 22.7 Å². The molecular formula is C20H28N2O5S. The Bertz CT molecular complexity index is 812. The van der Waals surface area contributed by atoms with E-state index in [1.807, 2.05) is 0 Å². The number of carbonyl (C=O) groups is 2. The number of piperidine rings is 1. The van der Waals surface area contributed by atoms with Crippen molar-refractivity contribution in [2.24, 2.45) is 0 Å². The minimum Gasteiger partial charge on any atom is -0.449 e. The molecule has 1 amide bonds. The van der Waals surface area contributed by atoms with Crippen molar-refractivity contribution in [1.29, 1.82) is 0 Å². The largest absolute Gasteiger partial charge is 0.449 e. The molecule has 0 aromatic heterocycles. The van der Waals surface area contributed by atoms with Gasteiger partial charge in [0.1, 0.15) is 0 Å². The van der Waals surface area contributed by atoms with Gasteiger partial charge in [-0.3, -0.25) is 4.79 Å². The fourth-order valence-corrected chi connectivity index (χ4v) is 5.27. The third kappa shape index (κ3) is 4.91. The van der Waals surface area contributed by atoms with Crippen LogP contribution in [0.25, 0.3) is 0 Å². The van der Waals surface area contributed by atoms with E-state index in [2.05, 4.69) is 5.32 Å². The van der Waals surface area contributed by atoms with E-state index in [1.165, 1.54) is 35.5 Å². The van der Waals surface area contributed by atoms with Gasteiger partial charge in [-0.25, -0.2) is 13.2 Å². The van der Waals surface area contributed by atoms with Gasteiger partial charge < -0.3 is 10.1 Å². The molecule has 3 rings (SSSR count). The van der Waals surface area contributed by atoms with E-state index in [4.69, 9.17) is 4.74 Å². The van der Waals surface area contributed by atoms with Gasteiger partial charge in [-0.15, -0.1) is 0 Å². The van der Waals surface area contributed by atoms with E-state index >= 15 is 0 Å². The first-order valence-corrected chi connectivity index (χ1v) is 11.4.